The largest absolute Gasteiger partial charge is 0.416 e. The first-order valence-corrected chi connectivity index (χ1v) is 6.00. The summed E-state index contributed by atoms with van der Waals surface area (Å²) in [6.45, 7) is 1.91. The quantitative estimate of drug-likeness (QED) is 0.867. The summed E-state index contributed by atoms with van der Waals surface area (Å²) >= 11 is 0. The van der Waals surface area contributed by atoms with Crippen molar-refractivity contribution in [3.63, 3.8) is 0 Å². The van der Waals surface area contributed by atoms with Crippen molar-refractivity contribution >= 4 is 11.6 Å². The molecule has 1 aromatic rings. The second-order valence-electron chi connectivity index (χ2n) is 4.23. The van der Waals surface area contributed by atoms with Gasteiger partial charge in [0, 0.05) is 5.69 Å². The summed E-state index contributed by atoms with van der Waals surface area (Å²) in [7, 11) is 0. The van der Waals surface area contributed by atoms with Gasteiger partial charge in [0.25, 0.3) is 5.91 Å². The Labute approximate surface area is 109 Å². The molecule has 0 bridgehead atoms. The molecule has 6 heteroatoms. The minimum atomic E-state index is -4.46. The molecule has 0 aliphatic heterocycles. The molecule has 106 valence electrons. The van der Waals surface area contributed by atoms with E-state index in [1.807, 2.05) is 6.92 Å². The summed E-state index contributed by atoms with van der Waals surface area (Å²) in [4.78, 5) is 11.5. The Kier molecular flexibility index (Phi) is 5.35. The molecular formula is C13H16F3NO2. The van der Waals surface area contributed by atoms with E-state index in [0.717, 1.165) is 18.6 Å². The van der Waals surface area contributed by atoms with Crippen LogP contribution in [0.3, 0.4) is 0 Å². The molecule has 0 radical (unpaired) electrons. The Morgan fingerprint density at radius 2 is 2.11 bits per heavy atom. The molecular weight excluding hydrogens is 259 g/mol. The molecule has 2 N–H and O–H groups in total. The highest BCUT2D eigenvalue weighted by Crippen LogP contribution is 2.30. The van der Waals surface area contributed by atoms with Crippen LogP contribution in [0.2, 0.25) is 0 Å². The van der Waals surface area contributed by atoms with Gasteiger partial charge in [0.05, 0.1) is 5.56 Å². The zero-order chi connectivity index (χ0) is 14.5. The first-order chi connectivity index (χ1) is 8.84. The number of benzene rings is 1. The third-order valence-corrected chi connectivity index (χ3v) is 2.59. The fraction of sp³-hybridized carbons (Fsp3) is 0.462. The van der Waals surface area contributed by atoms with E-state index in [0.29, 0.717) is 12.8 Å². The Bertz CT molecular complexity index is 432. The standard InChI is InChI=1S/C13H16F3NO2/c1-2-3-7-11(18)12(19)17-10-6-4-5-9(8-10)13(14,15)16/h4-6,8,11,18H,2-3,7H2,1H3,(H,17,19). The average Bonchev–Trinajstić information content (AvgIpc) is 2.35. The lowest BCUT2D eigenvalue weighted by Gasteiger charge is -2.12. The number of halogens is 3. The van der Waals surface area contributed by atoms with Crippen LogP contribution in [-0.2, 0) is 11.0 Å². The van der Waals surface area contributed by atoms with Gasteiger partial charge in [0.2, 0.25) is 0 Å². The number of aliphatic hydroxyl groups is 1. The number of carbonyl (C=O) groups is 1. The van der Waals surface area contributed by atoms with Gasteiger partial charge in [-0.2, -0.15) is 13.2 Å². The van der Waals surface area contributed by atoms with Crippen molar-refractivity contribution in [3.8, 4) is 0 Å². The molecule has 3 nitrogen and oxygen atoms in total. The molecule has 0 aliphatic carbocycles. The summed E-state index contributed by atoms with van der Waals surface area (Å²) in [6, 6.07) is 4.31. The van der Waals surface area contributed by atoms with Crippen LogP contribution in [0, 0.1) is 0 Å². The normalized spacial score (nSPS) is 13.1. The molecule has 0 spiro atoms. The summed E-state index contributed by atoms with van der Waals surface area (Å²) in [6.07, 6.45) is -3.86. The predicted octanol–water partition coefficient (Wildman–Crippen LogP) is 3.20. The van der Waals surface area contributed by atoms with E-state index in [1.165, 1.54) is 12.1 Å². The molecule has 0 fully saturated rings. The third kappa shape index (κ3) is 4.90. The molecule has 0 heterocycles. The number of anilines is 1. The van der Waals surface area contributed by atoms with E-state index in [4.69, 9.17) is 0 Å². The maximum absolute atomic E-state index is 12.5. The van der Waals surface area contributed by atoms with Gasteiger partial charge in [0.1, 0.15) is 6.10 Å². The molecule has 1 rings (SSSR count). The highest BCUT2D eigenvalue weighted by Gasteiger charge is 2.30. The van der Waals surface area contributed by atoms with Crippen LogP contribution < -0.4 is 5.32 Å². The van der Waals surface area contributed by atoms with E-state index in [-0.39, 0.29) is 5.69 Å². The van der Waals surface area contributed by atoms with Crippen molar-refractivity contribution in [2.45, 2.75) is 38.5 Å². The van der Waals surface area contributed by atoms with Gasteiger partial charge in [-0.05, 0) is 24.6 Å². The first kappa shape index (κ1) is 15.5. The topological polar surface area (TPSA) is 49.3 Å². The zero-order valence-electron chi connectivity index (χ0n) is 10.5. The fourth-order valence-corrected chi connectivity index (χ4v) is 1.53. The number of unbranched alkanes of at least 4 members (excludes halogenated alkanes) is 1. The molecule has 1 unspecified atom stereocenters. The smallest absolute Gasteiger partial charge is 0.383 e. The SMILES string of the molecule is CCCCC(O)C(=O)Nc1cccc(C(F)(F)F)c1. The Morgan fingerprint density at radius 1 is 1.42 bits per heavy atom. The maximum atomic E-state index is 12.5. The van der Waals surface area contributed by atoms with Crippen LogP contribution in [-0.4, -0.2) is 17.1 Å². The van der Waals surface area contributed by atoms with Crippen molar-refractivity contribution < 1.29 is 23.1 Å². The molecule has 0 aromatic heterocycles. The van der Waals surface area contributed by atoms with Gasteiger partial charge in [-0.15, -0.1) is 0 Å². The molecule has 0 saturated heterocycles. The van der Waals surface area contributed by atoms with Crippen LogP contribution in [0.4, 0.5) is 18.9 Å². The Balaban J connectivity index is 2.69. The summed E-state index contributed by atoms with van der Waals surface area (Å²) in [5.41, 5.74) is -0.816. The zero-order valence-corrected chi connectivity index (χ0v) is 10.5. The number of rotatable bonds is 5. The van der Waals surface area contributed by atoms with Gasteiger partial charge >= 0.3 is 6.18 Å². The third-order valence-electron chi connectivity index (χ3n) is 2.59. The lowest BCUT2D eigenvalue weighted by molar-refractivity contribution is -0.137. The monoisotopic (exact) mass is 275 g/mol. The summed E-state index contributed by atoms with van der Waals surface area (Å²) in [5.74, 6) is -0.687. The van der Waals surface area contributed by atoms with E-state index in [1.54, 1.807) is 0 Å². The van der Waals surface area contributed by atoms with Gasteiger partial charge in [-0.25, -0.2) is 0 Å². The minimum absolute atomic E-state index is 0.0235. The fourth-order valence-electron chi connectivity index (χ4n) is 1.53. The highest BCUT2D eigenvalue weighted by atomic mass is 19.4. The first-order valence-electron chi connectivity index (χ1n) is 6.00. The lowest BCUT2D eigenvalue weighted by Crippen LogP contribution is -2.27. The van der Waals surface area contributed by atoms with E-state index in [2.05, 4.69) is 5.32 Å². The van der Waals surface area contributed by atoms with Crippen molar-refractivity contribution in [1.29, 1.82) is 0 Å². The number of nitrogens with one attached hydrogen (secondary N) is 1. The Morgan fingerprint density at radius 3 is 2.68 bits per heavy atom. The number of aliphatic hydroxyl groups excluding tert-OH is 1. The van der Waals surface area contributed by atoms with Crippen LogP contribution in [0.25, 0.3) is 0 Å². The van der Waals surface area contributed by atoms with Crippen LogP contribution in [0.5, 0.6) is 0 Å². The van der Waals surface area contributed by atoms with Crippen LogP contribution in [0.1, 0.15) is 31.7 Å². The molecule has 0 aliphatic rings. The molecule has 1 aromatic carbocycles. The van der Waals surface area contributed by atoms with Crippen LogP contribution >= 0.6 is 0 Å². The number of carbonyl (C=O) groups excluding carboxylic acids is 1. The molecule has 19 heavy (non-hydrogen) atoms. The Hall–Kier alpha value is -1.56. The molecule has 0 saturated carbocycles. The highest BCUT2D eigenvalue weighted by molar-refractivity contribution is 5.94. The second-order valence-corrected chi connectivity index (χ2v) is 4.23. The van der Waals surface area contributed by atoms with Gasteiger partial charge in [-0.1, -0.05) is 25.8 Å². The van der Waals surface area contributed by atoms with Gasteiger partial charge in [0.15, 0.2) is 0 Å². The number of hydrogen-bond acceptors (Lipinski definition) is 2. The summed E-state index contributed by atoms with van der Waals surface area (Å²) < 4.78 is 37.4. The van der Waals surface area contributed by atoms with Crippen molar-refractivity contribution in [2.24, 2.45) is 0 Å². The van der Waals surface area contributed by atoms with Gasteiger partial charge in [-0.3, -0.25) is 4.79 Å². The molecule has 1 amide bonds. The number of amides is 1. The second kappa shape index (κ2) is 6.56. The summed E-state index contributed by atoms with van der Waals surface area (Å²) in [5, 5.41) is 11.8. The predicted molar refractivity (Wildman–Crippen MR) is 65.6 cm³/mol. The average molecular weight is 275 g/mol. The lowest BCUT2D eigenvalue weighted by atomic mass is 10.1. The van der Waals surface area contributed by atoms with Crippen LogP contribution in [0.15, 0.2) is 24.3 Å². The number of hydrogen-bond donors (Lipinski definition) is 2. The van der Waals surface area contributed by atoms with E-state index in [9.17, 15) is 23.1 Å². The van der Waals surface area contributed by atoms with Gasteiger partial charge < -0.3 is 10.4 Å². The van der Waals surface area contributed by atoms with E-state index >= 15 is 0 Å². The maximum Gasteiger partial charge on any atom is 0.416 e. The van der Waals surface area contributed by atoms with Crippen molar-refractivity contribution in [2.75, 3.05) is 5.32 Å². The van der Waals surface area contributed by atoms with Crippen molar-refractivity contribution in [1.82, 2.24) is 0 Å². The molecule has 1 atom stereocenters. The number of alkyl halides is 3. The van der Waals surface area contributed by atoms with Crippen molar-refractivity contribution in [3.05, 3.63) is 29.8 Å². The minimum Gasteiger partial charge on any atom is -0.383 e. The van der Waals surface area contributed by atoms with E-state index < -0.39 is 23.8 Å².